The topological polar surface area (TPSA) is 85.1 Å². The fraction of sp³-hybridized carbons (Fsp3) is 0.545. The van der Waals surface area contributed by atoms with E-state index in [0.717, 1.165) is 5.56 Å². The molecule has 0 aliphatic carbocycles. The first kappa shape index (κ1) is 14.1. The van der Waals surface area contributed by atoms with Crippen LogP contribution in [0.15, 0.2) is 24.5 Å². The van der Waals surface area contributed by atoms with Crippen molar-refractivity contribution < 1.29 is 8.42 Å². The van der Waals surface area contributed by atoms with E-state index < -0.39 is 10.0 Å². The lowest BCUT2D eigenvalue weighted by molar-refractivity contribution is 0.544. The van der Waals surface area contributed by atoms with E-state index in [9.17, 15) is 8.42 Å². The third-order valence-electron chi connectivity index (χ3n) is 2.46. The van der Waals surface area contributed by atoms with Crippen LogP contribution < -0.4 is 10.5 Å². The summed E-state index contributed by atoms with van der Waals surface area (Å²) in [4.78, 5) is 3.88. The first-order valence-electron chi connectivity index (χ1n) is 5.60. The second kappa shape index (κ2) is 6.68. The third-order valence-corrected chi connectivity index (χ3v) is 3.81. The van der Waals surface area contributed by atoms with Gasteiger partial charge in [0.15, 0.2) is 0 Å². The van der Waals surface area contributed by atoms with Crippen LogP contribution in [0.1, 0.15) is 12.5 Å². The highest BCUT2D eigenvalue weighted by atomic mass is 32.2. The molecule has 1 rings (SSSR count). The Labute approximate surface area is 102 Å². The molecule has 0 radical (unpaired) electrons. The smallest absolute Gasteiger partial charge is 0.211 e. The van der Waals surface area contributed by atoms with Gasteiger partial charge in [-0.15, -0.1) is 0 Å². The molecule has 0 aliphatic rings. The zero-order valence-corrected chi connectivity index (χ0v) is 10.8. The molecule has 1 heterocycles. The van der Waals surface area contributed by atoms with E-state index in [-0.39, 0.29) is 11.7 Å². The molecule has 1 atom stereocenters. The zero-order chi connectivity index (χ0) is 12.7. The summed E-state index contributed by atoms with van der Waals surface area (Å²) in [5.74, 6) is 0.250. The SMILES string of the molecule is CC(CN)CNS(=O)(=O)CCc1ccncc1. The van der Waals surface area contributed by atoms with E-state index in [1.54, 1.807) is 12.4 Å². The van der Waals surface area contributed by atoms with Crippen LogP contribution in [-0.4, -0.2) is 32.2 Å². The number of nitrogens with one attached hydrogen (secondary N) is 1. The Balaban J connectivity index is 2.40. The fourth-order valence-electron chi connectivity index (χ4n) is 1.23. The van der Waals surface area contributed by atoms with Gasteiger partial charge in [-0.25, -0.2) is 13.1 Å². The van der Waals surface area contributed by atoms with Gasteiger partial charge in [0.2, 0.25) is 10.0 Å². The Morgan fingerprint density at radius 3 is 2.65 bits per heavy atom. The monoisotopic (exact) mass is 257 g/mol. The van der Waals surface area contributed by atoms with Gasteiger partial charge in [0, 0.05) is 18.9 Å². The molecule has 0 spiro atoms. The van der Waals surface area contributed by atoms with Gasteiger partial charge in [-0.05, 0) is 36.6 Å². The van der Waals surface area contributed by atoms with Crippen molar-refractivity contribution in [1.29, 1.82) is 0 Å². The van der Waals surface area contributed by atoms with Gasteiger partial charge < -0.3 is 5.73 Å². The van der Waals surface area contributed by atoms with Crippen LogP contribution in [0.5, 0.6) is 0 Å². The van der Waals surface area contributed by atoms with Crippen LogP contribution >= 0.6 is 0 Å². The summed E-state index contributed by atoms with van der Waals surface area (Å²) in [6.07, 6.45) is 3.81. The average molecular weight is 257 g/mol. The minimum absolute atomic E-state index is 0.0916. The van der Waals surface area contributed by atoms with Gasteiger partial charge in [0.1, 0.15) is 0 Å². The number of sulfonamides is 1. The van der Waals surface area contributed by atoms with E-state index in [1.807, 2.05) is 19.1 Å². The average Bonchev–Trinajstić information content (AvgIpc) is 2.35. The molecule has 0 aromatic carbocycles. The van der Waals surface area contributed by atoms with Crippen molar-refractivity contribution in [3.05, 3.63) is 30.1 Å². The van der Waals surface area contributed by atoms with Crippen molar-refractivity contribution in [2.45, 2.75) is 13.3 Å². The van der Waals surface area contributed by atoms with Crippen molar-refractivity contribution in [3.63, 3.8) is 0 Å². The molecule has 6 heteroatoms. The lowest BCUT2D eigenvalue weighted by Crippen LogP contribution is -2.33. The number of aryl methyl sites for hydroxylation is 1. The van der Waals surface area contributed by atoms with Crippen LogP contribution in [0.2, 0.25) is 0 Å². The van der Waals surface area contributed by atoms with E-state index >= 15 is 0 Å². The van der Waals surface area contributed by atoms with E-state index in [0.29, 0.717) is 19.5 Å². The van der Waals surface area contributed by atoms with E-state index in [1.165, 1.54) is 0 Å². The molecular formula is C11H19N3O2S. The molecule has 5 nitrogen and oxygen atoms in total. The maximum Gasteiger partial charge on any atom is 0.211 e. The highest BCUT2D eigenvalue weighted by molar-refractivity contribution is 7.89. The molecule has 1 aromatic heterocycles. The van der Waals surface area contributed by atoms with Gasteiger partial charge in [0.25, 0.3) is 0 Å². The molecule has 1 unspecified atom stereocenters. The lowest BCUT2D eigenvalue weighted by atomic mass is 10.2. The Bertz CT molecular complexity index is 420. The first-order chi connectivity index (χ1) is 8.03. The fourth-order valence-corrected chi connectivity index (χ4v) is 2.41. The highest BCUT2D eigenvalue weighted by Gasteiger charge is 2.11. The van der Waals surface area contributed by atoms with Crippen LogP contribution in [0.3, 0.4) is 0 Å². The summed E-state index contributed by atoms with van der Waals surface area (Å²) < 4.78 is 25.9. The molecule has 17 heavy (non-hydrogen) atoms. The summed E-state index contributed by atoms with van der Waals surface area (Å²) in [5, 5.41) is 0. The minimum atomic E-state index is -3.21. The maximum absolute atomic E-state index is 11.7. The van der Waals surface area contributed by atoms with Gasteiger partial charge in [-0.1, -0.05) is 6.92 Å². The van der Waals surface area contributed by atoms with Crippen molar-refractivity contribution in [2.24, 2.45) is 11.7 Å². The molecule has 96 valence electrons. The van der Waals surface area contributed by atoms with E-state index in [2.05, 4.69) is 9.71 Å². The molecule has 1 aromatic rings. The maximum atomic E-state index is 11.7. The quantitative estimate of drug-likeness (QED) is 0.727. The standard InChI is InChI=1S/C11H19N3O2S/c1-10(8-12)9-14-17(15,16)7-4-11-2-5-13-6-3-11/h2-3,5-6,10,14H,4,7-9,12H2,1H3. The van der Waals surface area contributed by atoms with Crippen molar-refractivity contribution in [1.82, 2.24) is 9.71 Å². The second-order valence-corrected chi connectivity index (χ2v) is 6.04. The number of hydrogen-bond donors (Lipinski definition) is 2. The van der Waals surface area contributed by atoms with Crippen LogP contribution in [0.4, 0.5) is 0 Å². The zero-order valence-electron chi connectivity index (χ0n) is 9.96. The van der Waals surface area contributed by atoms with Crippen molar-refractivity contribution in [3.8, 4) is 0 Å². The van der Waals surface area contributed by atoms with Crippen LogP contribution in [-0.2, 0) is 16.4 Å². The predicted molar refractivity (Wildman–Crippen MR) is 67.9 cm³/mol. The normalized spacial score (nSPS) is 13.5. The summed E-state index contributed by atoms with van der Waals surface area (Å²) in [5.41, 5.74) is 6.39. The largest absolute Gasteiger partial charge is 0.330 e. The van der Waals surface area contributed by atoms with E-state index in [4.69, 9.17) is 5.73 Å². The molecular weight excluding hydrogens is 238 g/mol. The minimum Gasteiger partial charge on any atom is -0.330 e. The summed E-state index contributed by atoms with van der Waals surface area (Å²) in [7, 11) is -3.21. The first-order valence-corrected chi connectivity index (χ1v) is 7.25. The molecule has 0 aliphatic heterocycles. The summed E-state index contributed by atoms with van der Waals surface area (Å²) in [6, 6.07) is 3.63. The number of pyridine rings is 1. The predicted octanol–water partition coefficient (Wildman–Crippen LogP) is 0.138. The Morgan fingerprint density at radius 2 is 2.06 bits per heavy atom. The number of nitrogens with two attached hydrogens (primary N) is 1. The molecule has 0 amide bonds. The molecule has 0 saturated carbocycles. The third kappa shape index (κ3) is 5.76. The Morgan fingerprint density at radius 1 is 1.41 bits per heavy atom. The summed E-state index contributed by atoms with van der Waals surface area (Å²) >= 11 is 0. The number of nitrogens with zero attached hydrogens (tertiary/aromatic N) is 1. The molecule has 3 N–H and O–H groups in total. The highest BCUT2D eigenvalue weighted by Crippen LogP contribution is 2.00. The number of hydrogen-bond acceptors (Lipinski definition) is 4. The Kier molecular flexibility index (Phi) is 5.54. The lowest BCUT2D eigenvalue weighted by Gasteiger charge is -2.10. The number of rotatable bonds is 7. The van der Waals surface area contributed by atoms with Gasteiger partial charge >= 0.3 is 0 Å². The van der Waals surface area contributed by atoms with Crippen LogP contribution in [0.25, 0.3) is 0 Å². The van der Waals surface area contributed by atoms with Crippen LogP contribution in [0, 0.1) is 5.92 Å². The molecule has 0 bridgehead atoms. The second-order valence-electron chi connectivity index (χ2n) is 4.11. The van der Waals surface area contributed by atoms with Crippen molar-refractivity contribution >= 4 is 10.0 Å². The van der Waals surface area contributed by atoms with Gasteiger partial charge in [0.05, 0.1) is 5.75 Å². The van der Waals surface area contributed by atoms with Gasteiger partial charge in [-0.3, -0.25) is 4.98 Å². The molecule has 0 fully saturated rings. The van der Waals surface area contributed by atoms with Gasteiger partial charge in [-0.2, -0.15) is 0 Å². The molecule has 0 saturated heterocycles. The summed E-state index contributed by atoms with van der Waals surface area (Å²) in [6.45, 7) is 2.79. The van der Waals surface area contributed by atoms with Crippen molar-refractivity contribution in [2.75, 3.05) is 18.8 Å². The Hall–Kier alpha value is -0.980. The number of aromatic nitrogens is 1.